The zero-order valence-electron chi connectivity index (χ0n) is 42.9. The molecule has 0 N–H and O–H groups in total. The lowest BCUT2D eigenvalue weighted by molar-refractivity contribution is 0.653. The number of hydrogen-bond donors (Lipinski definition) is 0. The van der Waals surface area contributed by atoms with E-state index in [2.05, 4.69) is 245 Å². The molecule has 0 fully saturated rings. The van der Waals surface area contributed by atoms with Crippen molar-refractivity contribution in [2.75, 3.05) is 0 Å². The zero-order chi connectivity index (χ0) is 52.5. The molecule has 0 atom stereocenters. The van der Waals surface area contributed by atoms with E-state index in [1.807, 2.05) is 55.0 Å². The summed E-state index contributed by atoms with van der Waals surface area (Å²) in [5.41, 5.74) is 25.0. The van der Waals surface area contributed by atoms with Crippen molar-refractivity contribution >= 4 is 22.1 Å². The Kier molecular flexibility index (Phi) is 12.2. The van der Waals surface area contributed by atoms with Crippen LogP contribution in [0.2, 0.25) is 0 Å². The number of nitrogens with zero attached hydrogens (tertiary/aromatic N) is 4. The predicted octanol–water partition coefficient (Wildman–Crippen LogP) is 19.5. The molecule has 9 aromatic carbocycles. The Morgan fingerprint density at radius 3 is 1.18 bits per heavy atom. The maximum absolute atomic E-state index is 6.48. The molecule has 0 unspecified atom stereocenters. The lowest BCUT2D eigenvalue weighted by Crippen LogP contribution is -1.94. The van der Waals surface area contributed by atoms with Crippen LogP contribution in [-0.4, -0.2) is 19.9 Å². The molecule has 0 amide bonds. The van der Waals surface area contributed by atoms with E-state index < -0.39 is 0 Å². The summed E-state index contributed by atoms with van der Waals surface area (Å²) in [7, 11) is 0. The van der Waals surface area contributed by atoms with Gasteiger partial charge in [-0.05, 0) is 156 Å². The third kappa shape index (κ3) is 9.05. The minimum Gasteiger partial charge on any atom is -0.435 e. The largest absolute Gasteiger partial charge is 0.435 e. The third-order valence-electron chi connectivity index (χ3n) is 15.0. The fourth-order valence-electron chi connectivity index (χ4n) is 11.1. The summed E-state index contributed by atoms with van der Waals surface area (Å²) in [5.74, 6) is 0. The van der Waals surface area contributed by atoms with Crippen LogP contribution in [0.5, 0.6) is 0 Å². The van der Waals surface area contributed by atoms with Crippen LogP contribution in [0, 0.1) is 0 Å². The molecule has 0 aliphatic rings. The molecule has 14 aromatic rings. The molecule has 5 aromatic heterocycles. The number of furan rings is 1. The predicted molar refractivity (Wildman–Crippen MR) is 325 cm³/mol. The van der Waals surface area contributed by atoms with Crippen molar-refractivity contribution in [2.24, 2.45) is 0 Å². The first-order valence-corrected chi connectivity index (χ1v) is 26.6. The van der Waals surface area contributed by atoms with E-state index in [9.17, 15) is 0 Å². The van der Waals surface area contributed by atoms with Gasteiger partial charge in [0, 0.05) is 52.3 Å². The molecule has 14 rings (SSSR count). The van der Waals surface area contributed by atoms with Crippen molar-refractivity contribution in [3.63, 3.8) is 0 Å². The van der Waals surface area contributed by atoms with Crippen molar-refractivity contribution in [1.29, 1.82) is 0 Å². The van der Waals surface area contributed by atoms with E-state index in [1.165, 1.54) is 5.56 Å². The molecule has 0 saturated heterocycles. The lowest BCUT2D eigenvalue weighted by Gasteiger charge is -2.19. The summed E-state index contributed by atoms with van der Waals surface area (Å²) < 4.78 is 6.48. The Bertz CT molecular complexity index is 4350. The van der Waals surface area contributed by atoms with Crippen molar-refractivity contribution in [3.05, 3.63) is 292 Å². The first-order chi connectivity index (χ1) is 39.2. The Balaban J connectivity index is 0.953. The Labute approximate surface area is 458 Å². The summed E-state index contributed by atoms with van der Waals surface area (Å²) >= 11 is 0. The standard InChI is InChI=1S/C74H48N4O/c1-2-15-49(16-3-1)50-26-28-53(29-27-50)69-48-56(72-73-67(40-44-77-72)68-23-14-43-78-74(68)79-73)38-39-66(69)65-22-9-8-21-64(65)59-46-57(62-19-6-4-17-60(62)51-30-34-54(35-31-51)70-24-10-12-41-75-70)45-58(47-59)63-20-7-5-18-61(63)52-32-36-55(37-33-52)71-25-11-13-42-76-71/h1-48H. The van der Waals surface area contributed by atoms with Crippen LogP contribution in [0.1, 0.15) is 0 Å². The van der Waals surface area contributed by atoms with Crippen molar-refractivity contribution in [2.45, 2.75) is 0 Å². The lowest BCUT2D eigenvalue weighted by atomic mass is 9.84. The summed E-state index contributed by atoms with van der Waals surface area (Å²) in [6.45, 7) is 0. The van der Waals surface area contributed by atoms with Crippen LogP contribution in [-0.2, 0) is 0 Å². The van der Waals surface area contributed by atoms with Gasteiger partial charge in [0.2, 0.25) is 5.71 Å². The molecule has 0 spiro atoms. The smallest absolute Gasteiger partial charge is 0.227 e. The van der Waals surface area contributed by atoms with E-state index in [0.717, 1.165) is 128 Å². The molecule has 0 bridgehead atoms. The molecule has 5 heteroatoms. The quantitative estimate of drug-likeness (QED) is 0.129. The highest BCUT2D eigenvalue weighted by Gasteiger charge is 2.21. The van der Waals surface area contributed by atoms with Gasteiger partial charge in [0.15, 0.2) is 5.58 Å². The number of fused-ring (bicyclic) bond motifs is 3. The van der Waals surface area contributed by atoms with Gasteiger partial charge in [-0.2, -0.15) is 0 Å². The van der Waals surface area contributed by atoms with Gasteiger partial charge in [-0.3, -0.25) is 15.0 Å². The molecule has 5 heterocycles. The minimum absolute atomic E-state index is 0.595. The van der Waals surface area contributed by atoms with Gasteiger partial charge >= 0.3 is 0 Å². The molecular weight excluding hydrogens is 961 g/mol. The highest BCUT2D eigenvalue weighted by atomic mass is 16.3. The van der Waals surface area contributed by atoms with Gasteiger partial charge in [-0.25, -0.2) is 4.98 Å². The van der Waals surface area contributed by atoms with Crippen LogP contribution in [0.3, 0.4) is 0 Å². The molecule has 79 heavy (non-hydrogen) atoms. The normalized spacial score (nSPS) is 11.3. The van der Waals surface area contributed by atoms with Gasteiger partial charge in [-0.1, -0.05) is 200 Å². The monoisotopic (exact) mass is 1010 g/mol. The third-order valence-corrected chi connectivity index (χ3v) is 15.0. The second kappa shape index (κ2) is 20.5. The van der Waals surface area contributed by atoms with E-state index in [-0.39, 0.29) is 0 Å². The van der Waals surface area contributed by atoms with E-state index in [1.54, 1.807) is 6.20 Å². The maximum atomic E-state index is 6.48. The number of rotatable bonds is 11. The molecule has 370 valence electrons. The summed E-state index contributed by atoms with van der Waals surface area (Å²) in [4.78, 5) is 18.8. The second-order valence-corrected chi connectivity index (χ2v) is 19.7. The Morgan fingerprint density at radius 2 is 0.633 bits per heavy atom. The SMILES string of the molecule is c1ccc(-c2ccc(-c3cc(-c4nccc5c4oc4ncccc45)ccc3-c3ccccc3-c3cc(-c4ccccc4-c4ccc(-c5ccccn5)cc4)cc(-c4ccccc4-c4ccc(-c5ccccn5)cc4)c3)cc2)cc1. The summed E-state index contributed by atoms with van der Waals surface area (Å²) in [6.07, 6.45) is 7.32. The van der Waals surface area contributed by atoms with Gasteiger partial charge in [-0.15, -0.1) is 0 Å². The zero-order valence-corrected chi connectivity index (χ0v) is 42.9. The van der Waals surface area contributed by atoms with Crippen LogP contribution in [0.15, 0.2) is 296 Å². The number of benzene rings is 9. The van der Waals surface area contributed by atoms with Crippen molar-refractivity contribution in [1.82, 2.24) is 19.9 Å². The Morgan fingerprint density at radius 1 is 0.215 bits per heavy atom. The average molecular weight is 1010 g/mol. The van der Waals surface area contributed by atoms with Crippen molar-refractivity contribution < 1.29 is 4.42 Å². The first-order valence-electron chi connectivity index (χ1n) is 26.6. The van der Waals surface area contributed by atoms with Crippen LogP contribution < -0.4 is 0 Å². The fraction of sp³-hybridized carbons (Fsp3) is 0. The highest BCUT2D eigenvalue weighted by molar-refractivity contribution is 6.08. The van der Waals surface area contributed by atoms with Crippen LogP contribution in [0.25, 0.3) is 145 Å². The summed E-state index contributed by atoms with van der Waals surface area (Å²) in [6, 6.07) is 95.3. The van der Waals surface area contributed by atoms with Crippen LogP contribution in [0.4, 0.5) is 0 Å². The van der Waals surface area contributed by atoms with Gasteiger partial charge in [0.1, 0.15) is 5.69 Å². The molecule has 0 radical (unpaired) electrons. The Hall–Kier alpha value is -10.6. The minimum atomic E-state index is 0.595. The highest BCUT2D eigenvalue weighted by Crippen LogP contribution is 2.46. The number of pyridine rings is 4. The van der Waals surface area contributed by atoms with Gasteiger partial charge in [0.25, 0.3) is 0 Å². The molecule has 0 aliphatic carbocycles. The molecular formula is C74H48N4O. The van der Waals surface area contributed by atoms with E-state index in [0.29, 0.717) is 11.3 Å². The van der Waals surface area contributed by atoms with E-state index >= 15 is 0 Å². The first kappa shape index (κ1) is 46.9. The van der Waals surface area contributed by atoms with Gasteiger partial charge < -0.3 is 4.42 Å². The number of aromatic nitrogens is 4. The van der Waals surface area contributed by atoms with Crippen LogP contribution >= 0.6 is 0 Å². The van der Waals surface area contributed by atoms with Gasteiger partial charge in [0.05, 0.1) is 11.4 Å². The number of hydrogen-bond acceptors (Lipinski definition) is 5. The topological polar surface area (TPSA) is 64.7 Å². The molecule has 0 aliphatic heterocycles. The average Bonchev–Trinajstić information content (AvgIpc) is 4.01. The molecule has 0 saturated carbocycles. The summed E-state index contributed by atoms with van der Waals surface area (Å²) in [5, 5.41) is 1.95. The maximum Gasteiger partial charge on any atom is 0.227 e. The fourth-order valence-corrected chi connectivity index (χ4v) is 11.1. The van der Waals surface area contributed by atoms with E-state index in [4.69, 9.17) is 9.40 Å². The molecule has 5 nitrogen and oxygen atoms in total. The van der Waals surface area contributed by atoms with Crippen molar-refractivity contribution in [3.8, 4) is 123 Å². The second-order valence-electron chi connectivity index (χ2n) is 19.7.